The Morgan fingerprint density at radius 2 is 1.93 bits per heavy atom. The van der Waals surface area contributed by atoms with Gasteiger partial charge in [-0.3, -0.25) is 4.90 Å². The molecule has 1 aliphatic heterocycles. The first-order chi connectivity index (χ1) is 13.3. The maximum Gasteiger partial charge on any atom is 0.188 e. The zero-order valence-electron chi connectivity index (χ0n) is 15.4. The van der Waals surface area contributed by atoms with Crippen molar-refractivity contribution in [2.24, 2.45) is 0 Å². The molecule has 1 saturated heterocycles. The lowest BCUT2D eigenvalue weighted by Crippen LogP contribution is -2.47. The fourth-order valence-electron chi connectivity index (χ4n) is 3.26. The molecule has 1 aliphatic rings. The standard InChI is InChI=1S/C19H24N6S2/c1-24-7-9-25(10-8-24)16(17-4-2-11-26-17)13-20-12-15-14-27-19(23-15)18-21-5-3-6-22-18/h2-6,11,14,16,20H,7-10,12-13H2,1H3. The minimum atomic E-state index is 0.425. The smallest absolute Gasteiger partial charge is 0.188 e. The van der Waals surface area contributed by atoms with Gasteiger partial charge in [-0.2, -0.15) is 0 Å². The van der Waals surface area contributed by atoms with Crippen LogP contribution in [0.1, 0.15) is 16.6 Å². The first-order valence-electron chi connectivity index (χ1n) is 9.18. The summed E-state index contributed by atoms with van der Waals surface area (Å²) in [4.78, 5) is 19.7. The van der Waals surface area contributed by atoms with Crippen LogP contribution in [-0.2, 0) is 6.54 Å². The molecule has 0 spiro atoms. The molecule has 0 radical (unpaired) electrons. The summed E-state index contributed by atoms with van der Waals surface area (Å²) < 4.78 is 0. The van der Waals surface area contributed by atoms with Crippen LogP contribution in [0.2, 0.25) is 0 Å². The van der Waals surface area contributed by atoms with Crippen molar-refractivity contribution in [2.75, 3.05) is 39.8 Å². The summed E-state index contributed by atoms with van der Waals surface area (Å²) in [6, 6.07) is 6.65. The van der Waals surface area contributed by atoms with Crippen molar-refractivity contribution >= 4 is 22.7 Å². The number of hydrogen-bond donors (Lipinski definition) is 1. The number of thiazole rings is 1. The second-order valence-corrected chi connectivity index (χ2v) is 8.56. The van der Waals surface area contributed by atoms with Crippen LogP contribution in [0.3, 0.4) is 0 Å². The highest BCUT2D eigenvalue weighted by atomic mass is 32.1. The Labute approximate surface area is 167 Å². The average molecular weight is 401 g/mol. The van der Waals surface area contributed by atoms with Crippen LogP contribution in [-0.4, -0.2) is 64.5 Å². The van der Waals surface area contributed by atoms with Gasteiger partial charge in [-0.15, -0.1) is 22.7 Å². The van der Waals surface area contributed by atoms with Gasteiger partial charge in [0.25, 0.3) is 0 Å². The van der Waals surface area contributed by atoms with Gasteiger partial charge in [0.05, 0.1) is 11.7 Å². The van der Waals surface area contributed by atoms with Crippen LogP contribution in [0.25, 0.3) is 10.8 Å². The molecule has 4 rings (SSSR count). The van der Waals surface area contributed by atoms with E-state index in [1.54, 1.807) is 23.7 Å². The maximum atomic E-state index is 4.68. The van der Waals surface area contributed by atoms with E-state index in [1.807, 2.05) is 17.4 Å². The molecule has 1 atom stereocenters. The first-order valence-corrected chi connectivity index (χ1v) is 10.9. The Bertz CT molecular complexity index is 812. The summed E-state index contributed by atoms with van der Waals surface area (Å²) >= 11 is 3.45. The summed E-state index contributed by atoms with van der Waals surface area (Å²) in [6.45, 7) is 6.19. The fourth-order valence-corrected chi connectivity index (χ4v) is 4.89. The molecule has 1 unspecified atom stereocenters. The lowest BCUT2D eigenvalue weighted by atomic mass is 10.1. The van der Waals surface area contributed by atoms with E-state index in [0.717, 1.165) is 50.0 Å². The Morgan fingerprint density at radius 3 is 2.67 bits per heavy atom. The van der Waals surface area contributed by atoms with E-state index in [1.165, 1.54) is 4.88 Å². The van der Waals surface area contributed by atoms with Crippen LogP contribution in [0.15, 0.2) is 41.4 Å². The van der Waals surface area contributed by atoms with Crippen LogP contribution < -0.4 is 5.32 Å². The van der Waals surface area contributed by atoms with E-state index < -0.39 is 0 Å². The van der Waals surface area contributed by atoms with Gasteiger partial charge in [0.15, 0.2) is 10.8 Å². The van der Waals surface area contributed by atoms with Crippen molar-refractivity contribution in [1.82, 2.24) is 30.1 Å². The lowest BCUT2D eigenvalue weighted by Gasteiger charge is -2.37. The van der Waals surface area contributed by atoms with Gasteiger partial charge in [-0.1, -0.05) is 6.07 Å². The minimum Gasteiger partial charge on any atom is -0.309 e. The second-order valence-electron chi connectivity index (χ2n) is 6.72. The molecular weight excluding hydrogens is 376 g/mol. The lowest BCUT2D eigenvalue weighted by molar-refractivity contribution is 0.111. The Morgan fingerprint density at radius 1 is 1.11 bits per heavy atom. The molecule has 4 heterocycles. The van der Waals surface area contributed by atoms with Gasteiger partial charge in [0, 0.05) is 61.9 Å². The van der Waals surface area contributed by atoms with Gasteiger partial charge in [0.2, 0.25) is 0 Å². The molecule has 3 aromatic rings. The summed E-state index contributed by atoms with van der Waals surface area (Å²) in [5.41, 5.74) is 1.05. The van der Waals surface area contributed by atoms with Crippen molar-refractivity contribution in [3.05, 3.63) is 51.9 Å². The van der Waals surface area contributed by atoms with E-state index >= 15 is 0 Å². The van der Waals surface area contributed by atoms with Crippen molar-refractivity contribution < 1.29 is 0 Å². The number of likely N-dealkylation sites (N-methyl/N-ethyl adjacent to an activating group) is 1. The van der Waals surface area contributed by atoms with Crippen molar-refractivity contribution in [3.8, 4) is 10.8 Å². The van der Waals surface area contributed by atoms with Crippen LogP contribution in [0.4, 0.5) is 0 Å². The van der Waals surface area contributed by atoms with Gasteiger partial charge >= 0.3 is 0 Å². The van der Waals surface area contributed by atoms with Crippen molar-refractivity contribution in [2.45, 2.75) is 12.6 Å². The van der Waals surface area contributed by atoms with Gasteiger partial charge in [0.1, 0.15) is 0 Å². The van der Waals surface area contributed by atoms with Crippen molar-refractivity contribution in [1.29, 1.82) is 0 Å². The normalized spacial score (nSPS) is 17.2. The molecule has 0 aromatic carbocycles. The predicted molar refractivity (Wildman–Crippen MR) is 111 cm³/mol. The van der Waals surface area contributed by atoms with E-state index in [2.05, 4.69) is 60.0 Å². The Hall–Kier alpha value is -1.71. The summed E-state index contributed by atoms with van der Waals surface area (Å²) in [7, 11) is 2.20. The predicted octanol–water partition coefficient (Wildman–Crippen LogP) is 2.74. The fraction of sp³-hybridized carbons (Fsp3) is 0.421. The van der Waals surface area contributed by atoms with Crippen LogP contribution in [0, 0.1) is 0 Å². The number of thiophene rings is 1. The average Bonchev–Trinajstić information content (AvgIpc) is 3.39. The topological polar surface area (TPSA) is 57.2 Å². The zero-order chi connectivity index (χ0) is 18.5. The van der Waals surface area contributed by atoms with E-state index in [0.29, 0.717) is 11.9 Å². The van der Waals surface area contributed by atoms with E-state index in [9.17, 15) is 0 Å². The monoisotopic (exact) mass is 400 g/mol. The molecule has 6 nitrogen and oxygen atoms in total. The highest BCUT2D eigenvalue weighted by Gasteiger charge is 2.24. The second kappa shape index (κ2) is 8.99. The van der Waals surface area contributed by atoms with Crippen LogP contribution >= 0.6 is 22.7 Å². The quantitative estimate of drug-likeness (QED) is 0.658. The first kappa shape index (κ1) is 18.6. The van der Waals surface area contributed by atoms with E-state index in [4.69, 9.17) is 0 Å². The van der Waals surface area contributed by atoms with Gasteiger partial charge < -0.3 is 10.2 Å². The van der Waals surface area contributed by atoms with Gasteiger partial charge in [-0.05, 0) is 24.6 Å². The number of nitrogens with zero attached hydrogens (tertiary/aromatic N) is 5. The zero-order valence-corrected chi connectivity index (χ0v) is 17.0. The minimum absolute atomic E-state index is 0.425. The number of aromatic nitrogens is 3. The molecule has 27 heavy (non-hydrogen) atoms. The number of nitrogens with one attached hydrogen (secondary N) is 1. The van der Waals surface area contributed by atoms with Crippen molar-refractivity contribution in [3.63, 3.8) is 0 Å². The third kappa shape index (κ3) is 4.77. The third-order valence-electron chi connectivity index (χ3n) is 4.80. The summed E-state index contributed by atoms with van der Waals surface area (Å²) in [6.07, 6.45) is 3.51. The molecule has 142 valence electrons. The molecule has 3 aromatic heterocycles. The van der Waals surface area contributed by atoms with Gasteiger partial charge in [-0.25, -0.2) is 15.0 Å². The van der Waals surface area contributed by atoms with Crippen LogP contribution in [0.5, 0.6) is 0 Å². The molecule has 8 heteroatoms. The highest BCUT2D eigenvalue weighted by molar-refractivity contribution is 7.13. The molecule has 0 aliphatic carbocycles. The number of piperazine rings is 1. The Balaban J connectivity index is 1.36. The molecule has 0 bridgehead atoms. The molecular formula is C19H24N6S2. The maximum absolute atomic E-state index is 4.68. The molecule has 1 fully saturated rings. The molecule has 0 amide bonds. The number of hydrogen-bond acceptors (Lipinski definition) is 8. The summed E-state index contributed by atoms with van der Waals surface area (Å²) in [5, 5.41) is 8.76. The Kier molecular flexibility index (Phi) is 6.21. The largest absolute Gasteiger partial charge is 0.309 e. The number of rotatable bonds is 7. The summed E-state index contributed by atoms with van der Waals surface area (Å²) in [5.74, 6) is 0.697. The molecule has 1 N–H and O–H groups in total. The SMILES string of the molecule is CN1CCN(C(CNCc2csc(-c3ncccn3)n2)c2cccs2)CC1. The third-order valence-corrected chi connectivity index (χ3v) is 6.66. The van der Waals surface area contributed by atoms with E-state index in [-0.39, 0.29) is 0 Å². The highest BCUT2D eigenvalue weighted by Crippen LogP contribution is 2.26. The molecule has 0 saturated carbocycles.